The van der Waals surface area contributed by atoms with E-state index in [9.17, 15) is 4.79 Å². The van der Waals surface area contributed by atoms with Crippen molar-refractivity contribution in [1.29, 1.82) is 0 Å². The molecule has 0 amide bonds. The Bertz CT molecular complexity index is 406. The van der Waals surface area contributed by atoms with Crippen molar-refractivity contribution >= 4 is 29.0 Å². The molecule has 0 bridgehead atoms. The van der Waals surface area contributed by atoms with Crippen LogP contribution in [0.25, 0.3) is 0 Å². The molecular formula is C12H10Cl2O. The molecule has 0 aliphatic heterocycles. The van der Waals surface area contributed by atoms with E-state index in [1.807, 2.05) is 24.3 Å². The van der Waals surface area contributed by atoms with E-state index in [2.05, 4.69) is 0 Å². The van der Waals surface area contributed by atoms with E-state index >= 15 is 0 Å². The van der Waals surface area contributed by atoms with Gasteiger partial charge in [0, 0.05) is 16.5 Å². The summed E-state index contributed by atoms with van der Waals surface area (Å²) in [5.74, 6) is 0.304. The first-order valence-electron chi connectivity index (χ1n) is 4.79. The van der Waals surface area contributed by atoms with Crippen molar-refractivity contribution < 1.29 is 4.79 Å². The lowest BCUT2D eigenvalue weighted by Gasteiger charge is -2.19. The molecule has 0 unspecified atom stereocenters. The van der Waals surface area contributed by atoms with Gasteiger partial charge in [-0.3, -0.25) is 4.79 Å². The highest BCUT2D eigenvalue weighted by Crippen LogP contribution is 2.33. The molecule has 15 heavy (non-hydrogen) atoms. The van der Waals surface area contributed by atoms with Crippen LogP contribution in [0.1, 0.15) is 24.3 Å². The molecule has 0 radical (unpaired) electrons. The maximum absolute atomic E-state index is 11.3. The lowest BCUT2D eigenvalue weighted by Crippen LogP contribution is -2.10. The lowest BCUT2D eigenvalue weighted by molar-refractivity contribution is -0.115. The third-order valence-corrected chi connectivity index (χ3v) is 3.06. The molecule has 0 fully saturated rings. The van der Waals surface area contributed by atoms with Crippen LogP contribution in [-0.4, -0.2) is 5.78 Å². The molecule has 1 aliphatic rings. The van der Waals surface area contributed by atoms with Gasteiger partial charge in [0.2, 0.25) is 0 Å². The topological polar surface area (TPSA) is 17.1 Å². The molecule has 0 saturated heterocycles. The maximum Gasteiger partial charge on any atom is 0.157 e. The minimum Gasteiger partial charge on any atom is -0.295 e. The fourth-order valence-corrected chi connectivity index (χ4v) is 2.25. The first kappa shape index (κ1) is 10.7. The zero-order valence-electron chi connectivity index (χ0n) is 8.04. The number of halogens is 2. The van der Waals surface area contributed by atoms with E-state index in [0.717, 1.165) is 12.0 Å². The Kier molecular flexibility index (Phi) is 3.13. The molecule has 78 valence electrons. The summed E-state index contributed by atoms with van der Waals surface area (Å²) in [6.45, 7) is 0. The normalized spacial score (nSPS) is 21.3. The molecule has 1 aromatic carbocycles. The second-order valence-corrected chi connectivity index (χ2v) is 4.64. The van der Waals surface area contributed by atoms with Gasteiger partial charge in [-0.05, 0) is 36.1 Å². The van der Waals surface area contributed by atoms with E-state index < -0.39 is 0 Å². The monoisotopic (exact) mass is 240 g/mol. The summed E-state index contributed by atoms with van der Waals surface area (Å²) in [6.07, 6.45) is 2.81. The summed E-state index contributed by atoms with van der Waals surface area (Å²) >= 11 is 11.7. The second-order valence-electron chi connectivity index (χ2n) is 3.71. The number of carbonyl (C=O) groups excluding carboxylic acids is 1. The van der Waals surface area contributed by atoms with Crippen LogP contribution in [-0.2, 0) is 4.79 Å². The van der Waals surface area contributed by atoms with Crippen molar-refractivity contribution in [3.05, 3.63) is 46.0 Å². The predicted octanol–water partition coefficient (Wildman–Crippen LogP) is 3.91. The Hall–Kier alpha value is -0.790. The van der Waals surface area contributed by atoms with E-state index in [0.29, 0.717) is 16.5 Å². The zero-order chi connectivity index (χ0) is 10.8. The summed E-state index contributed by atoms with van der Waals surface area (Å²) in [5, 5.41) is 1.36. The summed E-state index contributed by atoms with van der Waals surface area (Å²) in [6, 6.07) is 7.59. The Morgan fingerprint density at radius 2 is 1.73 bits per heavy atom. The van der Waals surface area contributed by atoms with E-state index in [1.54, 1.807) is 0 Å². The number of ketones is 1. The van der Waals surface area contributed by atoms with Gasteiger partial charge < -0.3 is 0 Å². The van der Waals surface area contributed by atoms with Crippen LogP contribution in [0.3, 0.4) is 0 Å². The molecule has 0 N–H and O–H groups in total. The highest BCUT2D eigenvalue weighted by molar-refractivity contribution is 6.31. The molecule has 2 rings (SSSR count). The van der Waals surface area contributed by atoms with E-state index in [-0.39, 0.29) is 11.7 Å². The minimum absolute atomic E-state index is 0.103. The van der Waals surface area contributed by atoms with Crippen LogP contribution in [0, 0.1) is 0 Å². The van der Waals surface area contributed by atoms with E-state index in [1.165, 1.54) is 6.08 Å². The maximum atomic E-state index is 11.3. The van der Waals surface area contributed by atoms with Crippen LogP contribution in [0.15, 0.2) is 35.4 Å². The highest BCUT2D eigenvalue weighted by Gasteiger charge is 2.20. The number of hydrogen-bond acceptors (Lipinski definition) is 1. The summed E-state index contributed by atoms with van der Waals surface area (Å²) in [4.78, 5) is 11.3. The van der Waals surface area contributed by atoms with Gasteiger partial charge in [0.05, 0.1) is 0 Å². The van der Waals surface area contributed by atoms with Gasteiger partial charge in [0.15, 0.2) is 5.78 Å². The Labute approximate surface area is 98.7 Å². The third-order valence-electron chi connectivity index (χ3n) is 2.55. The first-order chi connectivity index (χ1) is 7.15. The summed E-state index contributed by atoms with van der Waals surface area (Å²) in [7, 11) is 0. The fourth-order valence-electron chi connectivity index (χ4n) is 1.81. The second kappa shape index (κ2) is 4.38. The number of carbonyl (C=O) groups is 1. The molecule has 1 aromatic rings. The van der Waals surface area contributed by atoms with Crippen molar-refractivity contribution in [3.8, 4) is 0 Å². The van der Waals surface area contributed by atoms with Gasteiger partial charge in [-0.25, -0.2) is 0 Å². The van der Waals surface area contributed by atoms with Gasteiger partial charge >= 0.3 is 0 Å². The van der Waals surface area contributed by atoms with Crippen molar-refractivity contribution in [1.82, 2.24) is 0 Å². The number of rotatable bonds is 1. The Morgan fingerprint density at radius 3 is 2.33 bits per heavy atom. The average molecular weight is 241 g/mol. The first-order valence-corrected chi connectivity index (χ1v) is 5.55. The zero-order valence-corrected chi connectivity index (χ0v) is 9.55. The van der Waals surface area contributed by atoms with Gasteiger partial charge in [0.1, 0.15) is 0 Å². The average Bonchev–Trinajstić information content (AvgIpc) is 2.17. The standard InChI is InChI=1S/C12H10Cl2O/c13-10-3-1-8(2-4-10)9-5-11(14)7-12(15)6-9/h1-4,7,9H,5-6H2/t9-/m1/s1. The third kappa shape index (κ3) is 2.61. The molecule has 0 heterocycles. The quantitative estimate of drug-likeness (QED) is 0.728. The number of allylic oxidation sites excluding steroid dienone is 2. The minimum atomic E-state index is 0.103. The van der Waals surface area contributed by atoms with E-state index in [4.69, 9.17) is 23.2 Å². The summed E-state index contributed by atoms with van der Waals surface area (Å²) in [5.41, 5.74) is 1.12. The lowest BCUT2D eigenvalue weighted by atomic mass is 9.87. The number of benzene rings is 1. The van der Waals surface area contributed by atoms with Gasteiger partial charge in [0.25, 0.3) is 0 Å². The van der Waals surface area contributed by atoms with Crippen molar-refractivity contribution in [2.24, 2.45) is 0 Å². The molecule has 1 nitrogen and oxygen atoms in total. The largest absolute Gasteiger partial charge is 0.295 e. The molecule has 0 saturated carbocycles. The van der Waals surface area contributed by atoms with Crippen molar-refractivity contribution in [2.75, 3.05) is 0 Å². The Balaban J connectivity index is 2.22. The van der Waals surface area contributed by atoms with Crippen LogP contribution < -0.4 is 0 Å². The summed E-state index contributed by atoms with van der Waals surface area (Å²) < 4.78 is 0. The smallest absolute Gasteiger partial charge is 0.157 e. The molecule has 1 aliphatic carbocycles. The highest BCUT2D eigenvalue weighted by atomic mass is 35.5. The molecular weight excluding hydrogens is 231 g/mol. The number of hydrogen-bond donors (Lipinski definition) is 0. The predicted molar refractivity (Wildman–Crippen MR) is 62.4 cm³/mol. The SMILES string of the molecule is O=C1C=C(Cl)C[C@@H](c2ccc(Cl)cc2)C1. The van der Waals surface area contributed by atoms with Crippen molar-refractivity contribution in [3.63, 3.8) is 0 Å². The molecule has 0 spiro atoms. The van der Waals surface area contributed by atoms with Crippen molar-refractivity contribution in [2.45, 2.75) is 18.8 Å². The van der Waals surface area contributed by atoms with Crippen LogP contribution >= 0.6 is 23.2 Å². The fraction of sp³-hybridized carbons (Fsp3) is 0.250. The molecule has 1 atom stereocenters. The Morgan fingerprint density at radius 1 is 1.07 bits per heavy atom. The van der Waals surface area contributed by atoms with Gasteiger partial charge in [-0.2, -0.15) is 0 Å². The molecule has 0 aromatic heterocycles. The van der Waals surface area contributed by atoms with Crippen LogP contribution in [0.4, 0.5) is 0 Å². The van der Waals surface area contributed by atoms with Crippen LogP contribution in [0.5, 0.6) is 0 Å². The van der Waals surface area contributed by atoms with Gasteiger partial charge in [-0.15, -0.1) is 0 Å². The molecule has 3 heteroatoms. The van der Waals surface area contributed by atoms with Gasteiger partial charge in [-0.1, -0.05) is 35.3 Å². The van der Waals surface area contributed by atoms with Crippen LogP contribution in [0.2, 0.25) is 5.02 Å².